The maximum atomic E-state index is 12.6. The highest BCUT2D eigenvalue weighted by molar-refractivity contribution is 9.13. The van der Waals surface area contributed by atoms with Gasteiger partial charge in [0.2, 0.25) is 0 Å². The minimum atomic E-state index is -0.803. The normalized spacial score (nSPS) is 14.9. The summed E-state index contributed by atoms with van der Waals surface area (Å²) < 4.78 is 6.96. The number of thiophene rings is 1. The highest BCUT2D eigenvalue weighted by Gasteiger charge is 2.27. The highest BCUT2D eigenvalue weighted by atomic mass is 79.9. The van der Waals surface area contributed by atoms with Gasteiger partial charge >= 0.3 is 5.97 Å². The second-order valence-corrected chi connectivity index (χ2v) is 8.78. The third-order valence-corrected chi connectivity index (χ3v) is 7.16. The molecule has 1 amide bonds. The molecule has 1 aliphatic heterocycles. The number of benzene rings is 1. The van der Waals surface area contributed by atoms with Crippen molar-refractivity contribution in [1.82, 2.24) is 4.90 Å². The van der Waals surface area contributed by atoms with Crippen molar-refractivity contribution in [2.24, 2.45) is 0 Å². The summed E-state index contributed by atoms with van der Waals surface area (Å²) in [5.74, 6) is -0.641. The summed E-state index contributed by atoms with van der Waals surface area (Å²) in [5, 5.41) is 0. The van der Waals surface area contributed by atoms with Crippen LogP contribution in [0.4, 0.5) is 0 Å². The summed E-state index contributed by atoms with van der Waals surface area (Å²) in [6, 6.07) is 9.80. The first-order chi connectivity index (χ1) is 11.5. The summed E-state index contributed by atoms with van der Waals surface area (Å²) in [5.41, 5.74) is 2.43. The van der Waals surface area contributed by atoms with Crippen molar-refractivity contribution in [3.05, 3.63) is 54.6 Å². The zero-order chi connectivity index (χ0) is 17.3. The Morgan fingerprint density at radius 3 is 2.62 bits per heavy atom. The second-order valence-electron chi connectivity index (χ2n) is 5.56. The Morgan fingerprint density at radius 2 is 1.96 bits per heavy atom. The van der Waals surface area contributed by atoms with E-state index in [1.807, 2.05) is 18.2 Å². The molecule has 2 heterocycles. The third kappa shape index (κ3) is 3.73. The molecule has 1 unspecified atom stereocenters. The van der Waals surface area contributed by atoms with Crippen LogP contribution in [0.15, 0.2) is 38.6 Å². The average molecular weight is 473 g/mol. The molecule has 4 nitrogen and oxygen atoms in total. The lowest BCUT2D eigenvalue weighted by atomic mass is 9.99. The molecule has 1 atom stereocenters. The maximum absolute atomic E-state index is 12.6. The predicted octanol–water partition coefficient (Wildman–Crippen LogP) is 4.40. The van der Waals surface area contributed by atoms with Crippen LogP contribution in [0.25, 0.3) is 0 Å². The fraction of sp³-hybridized carbons (Fsp3) is 0.294. The van der Waals surface area contributed by atoms with Gasteiger partial charge in [0.15, 0.2) is 6.10 Å². The van der Waals surface area contributed by atoms with E-state index in [4.69, 9.17) is 4.74 Å². The van der Waals surface area contributed by atoms with Gasteiger partial charge < -0.3 is 9.64 Å². The molecule has 0 N–H and O–H groups in total. The zero-order valence-corrected chi connectivity index (χ0v) is 16.9. The van der Waals surface area contributed by atoms with Crippen molar-refractivity contribution in [2.75, 3.05) is 6.54 Å². The van der Waals surface area contributed by atoms with Crippen LogP contribution >= 0.6 is 43.2 Å². The molecule has 0 radical (unpaired) electrons. The van der Waals surface area contributed by atoms with Gasteiger partial charge in [-0.25, -0.2) is 4.79 Å². The Morgan fingerprint density at radius 1 is 1.25 bits per heavy atom. The molecule has 0 aliphatic carbocycles. The predicted molar refractivity (Wildman–Crippen MR) is 100 cm³/mol. The second kappa shape index (κ2) is 7.37. The van der Waals surface area contributed by atoms with Crippen LogP contribution in [0.2, 0.25) is 0 Å². The summed E-state index contributed by atoms with van der Waals surface area (Å²) in [6.45, 7) is 2.83. The molecule has 3 rings (SSSR count). The third-order valence-electron chi connectivity index (χ3n) is 3.92. The van der Waals surface area contributed by atoms with E-state index in [-0.39, 0.29) is 5.91 Å². The Kier molecular flexibility index (Phi) is 5.42. The van der Waals surface area contributed by atoms with Gasteiger partial charge in [0.1, 0.15) is 4.88 Å². The van der Waals surface area contributed by atoms with Crippen molar-refractivity contribution in [1.29, 1.82) is 0 Å². The maximum Gasteiger partial charge on any atom is 0.349 e. The number of ether oxygens (including phenoxy) is 1. The number of hydrogen-bond donors (Lipinski definition) is 0. The molecule has 24 heavy (non-hydrogen) atoms. The number of rotatable bonds is 3. The Hall–Kier alpha value is -1.18. The van der Waals surface area contributed by atoms with Crippen LogP contribution in [-0.2, 0) is 22.5 Å². The van der Waals surface area contributed by atoms with E-state index in [0.717, 1.165) is 20.2 Å². The smallest absolute Gasteiger partial charge is 0.349 e. The van der Waals surface area contributed by atoms with Gasteiger partial charge in [-0.05, 0) is 62.4 Å². The molecule has 0 saturated heterocycles. The lowest BCUT2D eigenvalue weighted by Gasteiger charge is -2.30. The van der Waals surface area contributed by atoms with Gasteiger partial charge in [-0.1, -0.05) is 24.3 Å². The molecule has 0 bridgehead atoms. The molecule has 0 saturated carbocycles. The summed E-state index contributed by atoms with van der Waals surface area (Å²) in [7, 11) is 0. The van der Waals surface area contributed by atoms with Gasteiger partial charge in [0.25, 0.3) is 5.91 Å². The standard InChI is InChI=1S/C17H15Br2NO3S/c1-10(23-17(22)14-8-13(18)15(19)24-14)16(21)20-7-6-11-4-2-3-5-12(11)9-20/h2-5,8,10H,6-7,9H2,1H3. The molecular weight excluding hydrogens is 458 g/mol. The van der Waals surface area contributed by atoms with E-state index in [2.05, 4.69) is 37.9 Å². The highest BCUT2D eigenvalue weighted by Crippen LogP contribution is 2.33. The van der Waals surface area contributed by atoms with Crippen molar-refractivity contribution < 1.29 is 14.3 Å². The van der Waals surface area contributed by atoms with Crippen molar-refractivity contribution >= 4 is 55.1 Å². The molecule has 126 valence electrons. The van der Waals surface area contributed by atoms with Gasteiger partial charge in [-0.2, -0.15) is 0 Å². The van der Waals surface area contributed by atoms with Gasteiger partial charge in [-0.3, -0.25) is 4.79 Å². The number of carbonyl (C=O) groups is 2. The molecule has 1 aromatic carbocycles. The molecule has 1 aliphatic rings. The number of fused-ring (bicyclic) bond motifs is 1. The fourth-order valence-electron chi connectivity index (χ4n) is 2.66. The number of esters is 1. The number of carbonyl (C=O) groups excluding carboxylic acids is 2. The monoisotopic (exact) mass is 471 g/mol. The van der Waals surface area contributed by atoms with Crippen LogP contribution in [-0.4, -0.2) is 29.4 Å². The SMILES string of the molecule is CC(OC(=O)c1cc(Br)c(Br)s1)C(=O)N1CCc2ccccc2C1. The number of halogens is 2. The lowest BCUT2D eigenvalue weighted by molar-refractivity contribution is -0.140. The van der Waals surface area contributed by atoms with Crippen LogP contribution in [0, 0.1) is 0 Å². The van der Waals surface area contributed by atoms with Gasteiger partial charge in [0, 0.05) is 17.6 Å². The summed E-state index contributed by atoms with van der Waals surface area (Å²) >= 11 is 7.96. The average Bonchev–Trinajstić information content (AvgIpc) is 2.93. The topological polar surface area (TPSA) is 46.6 Å². The van der Waals surface area contributed by atoms with Gasteiger partial charge in [0.05, 0.1) is 3.79 Å². The largest absolute Gasteiger partial charge is 0.448 e. The number of amides is 1. The van der Waals surface area contributed by atoms with Crippen molar-refractivity contribution in [3.8, 4) is 0 Å². The summed E-state index contributed by atoms with van der Waals surface area (Å²) in [4.78, 5) is 27.0. The Labute approximate surface area is 161 Å². The molecule has 2 aromatic rings. The van der Waals surface area contributed by atoms with Gasteiger partial charge in [-0.15, -0.1) is 11.3 Å². The van der Waals surface area contributed by atoms with E-state index < -0.39 is 12.1 Å². The van der Waals surface area contributed by atoms with E-state index in [1.165, 1.54) is 16.9 Å². The molecular formula is C17H15Br2NO3S. The zero-order valence-electron chi connectivity index (χ0n) is 12.9. The minimum Gasteiger partial charge on any atom is -0.448 e. The molecule has 0 spiro atoms. The quantitative estimate of drug-likeness (QED) is 0.622. The molecule has 1 aromatic heterocycles. The Bertz CT molecular complexity index is 770. The van der Waals surface area contributed by atoms with E-state index >= 15 is 0 Å². The first-order valence-corrected chi connectivity index (χ1v) is 9.87. The fourth-order valence-corrected chi connectivity index (χ4v) is 4.58. The van der Waals surface area contributed by atoms with E-state index in [9.17, 15) is 9.59 Å². The molecule has 7 heteroatoms. The van der Waals surface area contributed by atoms with Crippen LogP contribution < -0.4 is 0 Å². The van der Waals surface area contributed by atoms with Crippen molar-refractivity contribution in [3.63, 3.8) is 0 Å². The summed E-state index contributed by atoms with van der Waals surface area (Å²) in [6.07, 6.45) is 0.0235. The van der Waals surface area contributed by atoms with E-state index in [0.29, 0.717) is 18.0 Å². The first-order valence-electron chi connectivity index (χ1n) is 7.47. The van der Waals surface area contributed by atoms with Crippen molar-refractivity contribution in [2.45, 2.75) is 26.0 Å². The van der Waals surface area contributed by atoms with Crippen LogP contribution in [0.1, 0.15) is 27.7 Å². The first kappa shape index (κ1) is 17.6. The van der Waals surface area contributed by atoms with Crippen LogP contribution in [0.5, 0.6) is 0 Å². The van der Waals surface area contributed by atoms with E-state index in [1.54, 1.807) is 17.9 Å². The lowest BCUT2D eigenvalue weighted by Crippen LogP contribution is -2.42. The van der Waals surface area contributed by atoms with Crippen LogP contribution in [0.3, 0.4) is 0 Å². The molecule has 0 fully saturated rings. The minimum absolute atomic E-state index is 0.160. The Balaban J connectivity index is 1.64. The number of nitrogens with zero attached hydrogens (tertiary/aromatic N) is 1. The number of hydrogen-bond acceptors (Lipinski definition) is 4.